The standard InChI is InChI=1S/C31H48F6N8O/c1-5-42(6-2)17-19-44(15-13-38)27-11-9-23(30(32,33)34)21-25(27)40-29(46)41-26-22-24(31(35,36)37)10-12-28(26)45(16-14-39)20-18-43(7-3)8-4/h9-12,21-22H,5-8,13-20,38-39H2,1-4H3,(H2,40,41,46). The zero-order chi connectivity index (χ0) is 34.5. The Bertz CT molecular complexity index is 1130. The average molecular weight is 663 g/mol. The first kappa shape index (κ1) is 38.9. The number of rotatable bonds is 18. The molecule has 0 aromatic heterocycles. The van der Waals surface area contributed by atoms with Gasteiger partial charge in [-0.2, -0.15) is 26.3 Å². The highest BCUT2D eigenvalue weighted by molar-refractivity contribution is 6.03. The second-order valence-corrected chi connectivity index (χ2v) is 10.6. The van der Waals surface area contributed by atoms with E-state index in [4.69, 9.17) is 11.5 Å². The Morgan fingerprint density at radius 1 is 0.609 bits per heavy atom. The molecule has 9 nitrogen and oxygen atoms in total. The Hall–Kier alpha value is -3.27. The van der Waals surface area contributed by atoms with Gasteiger partial charge < -0.3 is 41.7 Å². The van der Waals surface area contributed by atoms with Crippen LogP contribution in [0.3, 0.4) is 0 Å². The van der Waals surface area contributed by atoms with Crippen LogP contribution in [-0.2, 0) is 12.4 Å². The predicted molar refractivity (Wildman–Crippen MR) is 174 cm³/mol. The van der Waals surface area contributed by atoms with Crippen molar-refractivity contribution >= 4 is 28.8 Å². The number of likely N-dealkylation sites (N-methyl/N-ethyl adjacent to an activating group) is 2. The fraction of sp³-hybridized carbons (Fsp3) is 0.581. The number of hydrogen-bond acceptors (Lipinski definition) is 7. The molecule has 0 aliphatic carbocycles. The van der Waals surface area contributed by atoms with Crippen LogP contribution in [0.2, 0.25) is 0 Å². The lowest BCUT2D eigenvalue weighted by molar-refractivity contribution is -0.138. The Morgan fingerprint density at radius 2 is 0.957 bits per heavy atom. The van der Waals surface area contributed by atoms with E-state index in [1.165, 1.54) is 12.1 Å². The monoisotopic (exact) mass is 662 g/mol. The fourth-order valence-electron chi connectivity index (χ4n) is 5.07. The Balaban J connectivity index is 2.53. The van der Waals surface area contributed by atoms with Crippen molar-refractivity contribution in [1.29, 1.82) is 0 Å². The number of benzene rings is 2. The predicted octanol–water partition coefficient (Wildman–Crippen LogP) is 5.58. The van der Waals surface area contributed by atoms with E-state index >= 15 is 0 Å². The van der Waals surface area contributed by atoms with E-state index in [2.05, 4.69) is 20.4 Å². The van der Waals surface area contributed by atoms with Crippen LogP contribution in [-0.4, -0.2) is 94.4 Å². The average Bonchev–Trinajstić information content (AvgIpc) is 3.00. The van der Waals surface area contributed by atoms with Crippen LogP contribution in [0, 0.1) is 0 Å². The van der Waals surface area contributed by atoms with Gasteiger partial charge in [-0.1, -0.05) is 27.7 Å². The van der Waals surface area contributed by atoms with Crippen LogP contribution in [0.25, 0.3) is 0 Å². The Kier molecular flexibility index (Phi) is 15.4. The minimum Gasteiger partial charge on any atom is -0.367 e. The molecule has 0 radical (unpaired) electrons. The maximum absolute atomic E-state index is 13.7. The highest BCUT2D eigenvalue weighted by Gasteiger charge is 2.33. The van der Waals surface area contributed by atoms with E-state index in [0.717, 1.165) is 50.4 Å². The molecule has 0 spiro atoms. The van der Waals surface area contributed by atoms with Crippen LogP contribution in [0.4, 0.5) is 53.9 Å². The zero-order valence-electron chi connectivity index (χ0n) is 27.1. The first-order valence-corrected chi connectivity index (χ1v) is 15.6. The summed E-state index contributed by atoms with van der Waals surface area (Å²) in [5, 5.41) is 4.94. The van der Waals surface area contributed by atoms with Gasteiger partial charge in [-0.25, -0.2) is 4.79 Å². The van der Waals surface area contributed by atoms with Crippen molar-refractivity contribution in [2.24, 2.45) is 11.5 Å². The summed E-state index contributed by atoms with van der Waals surface area (Å²) in [6.45, 7) is 14.0. The summed E-state index contributed by atoms with van der Waals surface area (Å²) in [6.07, 6.45) is -9.40. The molecular formula is C31H48F6N8O. The molecule has 0 aliphatic rings. The fourth-order valence-corrected chi connectivity index (χ4v) is 5.07. The van der Waals surface area contributed by atoms with Crippen LogP contribution in [0.15, 0.2) is 36.4 Å². The SMILES string of the molecule is CCN(CC)CCN(CCN)c1ccc(C(F)(F)F)cc1NC(=O)Nc1cc(C(F)(F)F)ccc1N(CCN)CCN(CC)CC. The van der Waals surface area contributed by atoms with Gasteiger partial charge in [-0.05, 0) is 62.6 Å². The molecular weight excluding hydrogens is 614 g/mol. The minimum absolute atomic E-state index is 0.158. The van der Waals surface area contributed by atoms with Gasteiger partial charge in [-0.15, -0.1) is 0 Å². The molecule has 0 saturated carbocycles. The third-order valence-electron chi connectivity index (χ3n) is 7.78. The Morgan fingerprint density at radius 3 is 1.24 bits per heavy atom. The normalized spacial score (nSPS) is 12.1. The number of carbonyl (C=O) groups is 1. The number of nitrogens with zero attached hydrogens (tertiary/aromatic N) is 4. The molecule has 260 valence electrons. The van der Waals surface area contributed by atoms with Crippen molar-refractivity contribution in [3.63, 3.8) is 0 Å². The highest BCUT2D eigenvalue weighted by Crippen LogP contribution is 2.37. The van der Waals surface area contributed by atoms with E-state index in [9.17, 15) is 31.1 Å². The third kappa shape index (κ3) is 11.5. The van der Waals surface area contributed by atoms with Crippen LogP contribution >= 0.6 is 0 Å². The van der Waals surface area contributed by atoms with E-state index in [-0.39, 0.29) is 24.5 Å². The largest absolute Gasteiger partial charge is 0.416 e. The third-order valence-corrected chi connectivity index (χ3v) is 7.78. The first-order chi connectivity index (χ1) is 21.7. The topological polar surface area (TPSA) is 106 Å². The van der Waals surface area contributed by atoms with Crippen molar-refractivity contribution in [3.8, 4) is 0 Å². The lowest BCUT2D eigenvalue weighted by Crippen LogP contribution is -2.38. The minimum atomic E-state index is -4.70. The number of alkyl halides is 6. The molecule has 0 aliphatic heterocycles. The molecule has 0 saturated heterocycles. The molecule has 0 fully saturated rings. The maximum Gasteiger partial charge on any atom is 0.416 e. The van der Waals surface area contributed by atoms with Gasteiger partial charge >= 0.3 is 18.4 Å². The van der Waals surface area contributed by atoms with Crippen molar-refractivity contribution in [3.05, 3.63) is 47.5 Å². The quantitative estimate of drug-likeness (QED) is 0.155. The summed E-state index contributed by atoms with van der Waals surface area (Å²) >= 11 is 0. The Labute approximate surface area is 267 Å². The summed E-state index contributed by atoms with van der Waals surface area (Å²) in [6, 6.07) is 5.00. The number of hydrogen-bond donors (Lipinski definition) is 4. The molecule has 2 amide bonds. The summed E-state index contributed by atoms with van der Waals surface area (Å²) in [4.78, 5) is 21.2. The molecule has 0 atom stereocenters. The summed E-state index contributed by atoms with van der Waals surface area (Å²) in [7, 11) is 0. The lowest BCUT2D eigenvalue weighted by atomic mass is 10.1. The van der Waals surface area contributed by atoms with Gasteiger partial charge in [0.1, 0.15) is 0 Å². The molecule has 2 aromatic rings. The molecule has 2 rings (SSSR count). The molecule has 6 N–H and O–H groups in total. The van der Waals surface area contributed by atoms with Crippen LogP contribution in [0.5, 0.6) is 0 Å². The summed E-state index contributed by atoms with van der Waals surface area (Å²) < 4.78 is 82.4. The van der Waals surface area contributed by atoms with Crippen molar-refractivity contribution in [1.82, 2.24) is 9.80 Å². The molecule has 2 aromatic carbocycles. The summed E-state index contributed by atoms with van der Waals surface area (Å²) in [5.74, 6) is 0. The molecule has 0 bridgehead atoms. The van der Waals surface area contributed by atoms with Gasteiger partial charge in [0.2, 0.25) is 0 Å². The van der Waals surface area contributed by atoms with Gasteiger partial charge in [-0.3, -0.25) is 0 Å². The zero-order valence-corrected chi connectivity index (χ0v) is 27.1. The number of anilines is 4. The lowest BCUT2D eigenvalue weighted by Gasteiger charge is -2.31. The number of urea groups is 1. The number of halogens is 6. The van der Waals surface area contributed by atoms with E-state index in [0.29, 0.717) is 50.6 Å². The van der Waals surface area contributed by atoms with Crippen LogP contribution in [0.1, 0.15) is 38.8 Å². The first-order valence-electron chi connectivity index (χ1n) is 15.6. The molecule has 15 heteroatoms. The molecule has 0 heterocycles. The van der Waals surface area contributed by atoms with Gasteiger partial charge in [0, 0.05) is 52.4 Å². The molecule has 46 heavy (non-hydrogen) atoms. The van der Waals surface area contributed by atoms with Gasteiger partial charge in [0.15, 0.2) is 0 Å². The summed E-state index contributed by atoms with van der Waals surface area (Å²) in [5.41, 5.74) is 9.95. The van der Waals surface area contributed by atoms with Gasteiger partial charge in [0.05, 0.1) is 33.9 Å². The maximum atomic E-state index is 13.7. The molecule has 0 unspecified atom stereocenters. The smallest absolute Gasteiger partial charge is 0.367 e. The number of carbonyl (C=O) groups excluding carboxylic acids is 1. The second kappa shape index (κ2) is 18.2. The number of nitrogens with two attached hydrogens (primary N) is 2. The number of amides is 2. The highest BCUT2D eigenvalue weighted by atomic mass is 19.4. The van der Waals surface area contributed by atoms with Crippen molar-refractivity contribution in [2.75, 3.05) is 99.0 Å². The van der Waals surface area contributed by atoms with Crippen molar-refractivity contribution < 1.29 is 31.1 Å². The van der Waals surface area contributed by atoms with Crippen LogP contribution < -0.4 is 31.9 Å². The van der Waals surface area contributed by atoms with E-state index in [1.54, 1.807) is 9.80 Å². The van der Waals surface area contributed by atoms with Crippen molar-refractivity contribution in [2.45, 2.75) is 40.0 Å². The van der Waals surface area contributed by atoms with E-state index in [1.807, 2.05) is 27.7 Å². The second-order valence-electron chi connectivity index (χ2n) is 10.6. The van der Waals surface area contributed by atoms with E-state index < -0.39 is 29.5 Å². The number of nitrogens with one attached hydrogen (secondary N) is 2. The van der Waals surface area contributed by atoms with Gasteiger partial charge in [0.25, 0.3) is 0 Å².